The molecule has 0 radical (unpaired) electrons. The van der Waals surface area contributed by atoms with Crippen LogP contribution in [0.15, 0.2) is 48.5 Å². The van der Waals surface area contributed by atoms with Crippen LogP contribution in [0.2, 0.25) is 0 Å². The maximum absolute atomic E-state index is 13.5. The Morgan fingerprint density at radius 1 is 1.15 bits per heavy atom. The molecule has 0 bridgehead atoms. The number of benzene rings is 2. The summed E-state index contributed by atoms with van der Waals surface area (Å²) in [4.78, 5) is 0. The van der Waals surface area contributed by atoms with E-state index in [2.05, 4.69) is 16.1 Å². The van der Waals surface area contributed by atoms with Crippen molar-refractivity contribution in [1.29, 1.82) is 0 Å². The molecular formula is C20H24ClFN2O2S. The van der Waals surface area contributed by atoms with Gasteiger partial charge < -0.3 is 5.32 Å². The molecule has 1 heterocycles. The molecule has 146 valence electrons. The van der Waals surface area contributed by atoms with Crippen LogP contribution in [0.25, 0.3) is 11.1 Å². The second-order valence-electron chi connectivity index (χ2n) is 7.63. The van der Waals surface area contributed by atoms with E-state index in [-0.39, 0.29) is 35.7 Å². The quantitative estimate of drug-likeness (QED) is 0.796. The first kappa shape index (κ1) is 20.3. The smallest absolute Gasteiger partial charge is 0.209 e. The van der Waals surface area contributed by atoms with Crippen LogP contribution >= 0.6 is 12.4 Å². The number of rotatable bonds is 5. The lowest BCUT2D eigenvalue weighted by molar-refractivity contribution is 0.410. The van der Waals surface area contributed by atoms with Crippen molar-refractivity contribution in [2.45, 2.75) is 31.3 Å². The number of hydrogen-bond donors (Lipinski definition) is 2. The average molecular weight is 411 g/mol. The summed E-state index contributed by atoms with van der Waals surface area (Å²) in [7, 11) is -3.25. The normalized spacial score (nSPS) is 23.2. The van der Waals surface area contributed by atoms with Gasteiger partial charge in [0.1, 0.15) is 5.82 Å². The van der Waals surface area contributed by atoms with Gasteiger partial charge in [0.2, 0.25) is 10.0 Å². The predicted molar refractivity (Wildman–Crippen MR) is 108 cm³/mol. The molecule has 1 saturated heterocycles. The summed E-state index contributed by atoms with van der Waals surface area (Å²) in [6.45, 7) is 0.856. The SMILES string of the molecule is CS(=O)(=O)NC1C(Cc2cccc(-c3cccc(F)c3)c2)NCC12CC2.Cl. The van der Waals surface area contributed by atoms with Crippen LogP contribution < -0.4 is 10.0 Å². The molecule has 2 aromatic carbocycles. The molecule has 27 heavy (non-hydrogen) atoms. The molecule has 4 nitrogen and oxygen atoms in total. The van der Waals surface area contributed by atoms with E-state index in [1.54, 1.807) is 6.07 Å². The molecule has 1 aliphatic carbocycles. The zero-order valence-corrected chi connectivity index (χ0v) is 16.7. The summed E-state index contributed by atoms with van der Waals surface area (Å²) in [6, 6.07) is 14.6. The molecule has 0 amide bonds. The van der Waals surface area contributed by atoms with Crippen LogP contribution in [0.5, 0.6) is 0 Å². The third-order valence-electron chi connectivity index (χ3n) is 5.55. The van der Waals surface area contributed by atoms with Crippen LogP contribution in [0.3, 0.4) is 0 Å². The Morgan fingerprint density at radius 3 is 2.44 bits per heavy atom. The molecule has 7 heteroatoms. The van der Waals surface area contributed by atoms with E-state index in [1.807, 2.05) is 24.3 Å². The fourth-order valence-electron chi connectivity index (χ4n) is 4.06. The van der Waals surface area contributed by atoms with Crippen molar-refractivity contribution in [2.24, 2.45) is 5.41 Å². The Labute approximate surface area is 166 Å². The maximum Gasteiger partial charge on any atom is 0.209 e. The zero-order valence-electron chi connectivity index (χ0n) is 15.1. The topological polar surface area (TPSA) is 58.2 Å². The number of sulfonamides is 1. The summed E-state index contributed by atoms with van der Waals surface area (Å²) < 4.78 is 40.0. The van der Waals surface area contributed by atoms with Gasteiger partial charge in [-0.05, 0) is 48.1 Å². The minimum atomic E-state index is -3.25. The highest BCUT2D eigenvalue weighted by atomic mass is 35.5. The van der Waals surface area contributed by atoms with Gasteiger partial charge in [0.05, 0.1) is 6.26 Å². The molecule has 2 N–H and O–H groups in total. The van der Waals surface area contributed by atoms with Crippen LogP contribution in [-0.4, -0.2) is 33.3 Å². The summed E-state index contributed by atoms with van der Waals surface area (Å²) in [5.41, 5.74) is 3.00. The first-order valence-corrected chi connectivity index (χ1v) is 10.8. The molecule has 2 aromatic rings. The minimum Gasteiger partial charge on any atom is -0.311 e. The van der Waals surface area contributed by atoms with E-state index in [0.29, 0.717) is 0 Å². The molecule has 2 unspecified atom stereocenters. The van der Waals surface area contributed by atoms with Crippen molar-refractivity contribution in [2.75, 3.05) is 12.8 Å². The predicted octanol–water partition coefficient (Wildman–Crippen LogP) is 3.13. The molecule has 1 spiro atoms. The monoisotopic (exact) mass is 410 g/mol. The van der Waals surface area contributed by atoms with Crippen LogP contribution in [0, 0.1) is 11.2 Å². The van der Waals surface area contributed by atoms with Gasteiger partial charge in [0.25, 0.3) is 0 Å². The zero-order chi connectivity index (χ0) is 18.4. The molecule has 2 atom stereocenters. The first-order valence-electron chi connectivity index (χ1n) is 8.90. The molecule has 1 saturated carbocycles. The van der Waals surface area contributed by atoms with Gasteiger partial charge in [-0.15, -0.1) is 12.4 Å². The van der Waals surface area contributed by atoms with Crippen molar-refractivity contribution < 1.29 is 12.8 Å². The van der Waals surface area contributed by atoms with Gasteiger partial charge >= 0.3 is 0 Å². The van der Waals surface area contributed by atoms with Gasteiger partial charge in [-0.3, -0.25) is 0 Å². The fraction of sp³-hybridized carbons (Fsp3) is 0.400. The van der Waals surface area contributed by atoms with Gasteiger partial charge in [0.15, 0.2) is 0 Å². The van der Waals surface area contributed by atoms with Crippen molar-refractivity contribution in [3.05, 3.63) is 59.9 Å². The minimum absolute atomic E-state index is 0. The standard InChI is InChI=1S/C20H23FN2O2S.ClH/c1-26(24,25)23-19-18(22-13-20(19)8-9-20)11-14-4-2-5-15(10-14)16-6-3-7-17(21)12-16;/h2-7,10,12,18-19,22-23H,8-9,11,13H2,1H3;1H. The second kappa shape index (κ2) is 7.51. The third-order valence-corrected chi connectivity index (χ3v) is 6.23. The van der Waals surface area contributed by atoms with E-state index >= 15 is 0 Å². The third kappa shape index (κ3) is 4.51. The van der Waals surface area contributed by atoms with Crippen LogP contribution in [-0.2, 0) is 16.4 Å². The number of nitrogens with one attached hydrogen (secondary N) is 2. The van der Waals surface area contributed by atoms with E-state index < -0.39 is 10.0 Å². The molecule has 2 aliphatic rings. The number of halogens is 2. The summed E-state index contributed by atoms with van der Waals surface area (Å²) >= 11 is 0. The van der Waals surface area contributed by atoms with E-state index in [0.717, 1.165) is 42.5 Å². The van der Waals surface area contributed by atoms with Crippen molar-refractivity contribution in [3.63, 3.8) is 0 Å². The maximum atomic E-state index is 13.5. The van der Waals surface area contributed by atoms with Crippen molar-refractivity contribution >= 4 is 22.4 Å². The van der Waals surface area contributed by atoms with Crippen LogP contribution in [0.4, 0.5) is 4.39 Å². The van der Waals surface area contributed by atoms with E-state index in [4.69, 9.17) is 0 Å². The van der Waals surface area contributed by atoms with Gasteiger partial charge in [-0.1, -0.05) is 36.4 Å². The highest BCUT2D eigenvalue weighted by Gasteiger charge is 2.56. The summed E-state index contributed by atoms with van der Waals surface area (Å²) in [5.74, 6) is -0.251. The lowest BCUT2D eigenvalue weighted by Crippen LogP contribution is -2.47. The van der Waals surface area contributed by atoms with Crippen molar-refractivity contribution in [1.82, 2.24) is 10.0 Å². The second-order valence-corrected chi connectivity index (χ2v) is 9.41. The summed E-state index contributed by atoms with van der Waals surface area (Å²) in [5, 5.41) is 3.51. The van der Waals surface area contributed by atoms with E-state index in [1.165, 1.54) is 18.4 Å². The summed E-state index contributed by atoms with van der Waals surface area (Å²) in [6.07, 6.45) is 4.08. The largest absolute Gasteiger partial charge is 0.311 e. The first-order chi connectivity index (χ1) is 12.3. The Kier molecular flexibility index (Phi) is 5.64. The fourth-order valence-corrected chi connectivity index (χ4v) is 4.94. The molecule has 1 aliphatic heterocycles. The van der Waals surface area contributed by atoms with Gasteiger partial charge in [-0.25, -0.2) is 17.5 Å². The van der Waals surface area contributed by atoms with Gasteiger partial charge in [0, 0.05) is 24.0 Å². The van der Waals surface area contributed by atoms with Crippen molar-refractivity contribution in [3.8, 4) is 11.1 Å². The lowest BCUT2D eigenvalue weighted by Gasteiger charge is -2.24. The Morgan fingerprint density at radius 2 is 1.81 bits per heavy atom. The van der Waals surface area contributed by atoms with Gasteiger partial charge in [-0.2, -0.15) is 0 Å². The molecule has 4 rings (SSSR count). The molecular weight excluding hydrogens is 387 g/mol. The molecule has 2 fully saturated rings. The Bertz CT molecular complexity index is 931. The average Bonchev–Trinajstić information content (AvgIpc) is 3.30. The lowest BCUT2D eigenvalue weighted by atomic mass is 9.92. The Balaban J connectivity index is 0.00000210. The Hall–Kier alpha value is -1.47. The number of hydrogen-bond acceptors (Lipinski definition) is 3. The highest BCUT2D eigenvalue weighted by Crippen LogP contribution is 2.52. The highest BCUT2D eigenvalue weighted by molar-refractivity contribution is 7.88. The van der Waals surface area contributed by atoms with E-state index in [9.17, 15) is 12.8 Å². The van der Waals surface area contributed by atoms with Crippen LogP contribution in [0.1, 0.15) is 18.4 Å². The molecule has 0 aromatic heterocycles.